The lowest BCUT2D eigenvalue weighted by Gasteiger charge is -2.15. The molecule has 19 heavy (non-hydrogen) atoms. The van der Waals surface area contributed by atoms with Gasteiger partial charge in [-0.15, -0.1) is 11.8 Å². The zero-order chi connectivity index (χ0) is 13.5. The second kappa shape index (κ2) is 7.43. The quantitative estimate of drug-likeness (QED) is 0.477. The second-order valence-electron chi connectivity index (χ2n) is 5.02. The fourth-order valence-corrected chi connectivity index (χ4v) is 2.74. The lowest BCUT2D eigenvalue weighted by molar-refractivity contribution is 0.733. The zero-order valence-electron chi connectivity index (χ0n) is 11.7. The van der Waals surface area contributed by atoms with E-state index >= 15 is 0 Å². The average molecular weight is 277 g/mol. The summed E-state index contributed by atoms with van der Waals surface area (Å²) < 4.78 is 0. The SMILES string of the molecule is CN=C(NCC1CC1)NCC(C)Sc1ccccc1. The van der Waals surface area contributed by atoms with Gasteiger partial charge in [-0.25, -0.2) is 0 Å². The predicted molar refractivity (Wildman–Crippen MR) is 83.8 cm³/mol. The lowest BCUT2D eigenvalue weighted by Crippen LogP contribution is -2.40. The number of aliphatic imine (C=N–C) groups is 1. The van der Waals surface area contributed by atoms with Crippen molar-refractivity contribution in [1.29, 1.82) is 0 Å². The fourth-order valence-electron chi connectivity index (χ4n) is 1.80. The minimum atomic E-state index is 0.516. The van der Waals surface area contributed by atoms with Crippen LogP contribution in [0, 0.1) is 5.92 Å². The van der Waals surface area contributed by atoms with E-state index in [2.05, 4.69) is 52.9 Å². The van der Waals surface area contributed by atoms with E-state index in [0.717, 1.165) is 25.0 Å². The van der Waals surface area contributed by atoms with E-state index in [1.165, 1.54) is 17.7 Å². The summed E-state index contributed by atoms with van der Waals surface area (Å²) in [4.78, 5) is 5.57. The van der Waals surface area contributed by atoms with E-state index in [1.807, 2.05) is 18.8 Å². The van der Waals surface area contributed by atoms with E-state index < -0.39 is 0 Å². The van der Waals surface area contributed by atoms with Crippen LogP contribution in [0.3, 0.4) is 0 Å². The normalized spacial score (nSPS) is 17.1. The van der Waals surface area contributed by atoms with E-state index in [4.69, 9.17) is 0 Å². The molecule has 1 aromatic rings. The van der Waals surface area contributed by atoms with Crippen molar-refractivity contribution in [2.75, 3.05) is 20.1 Å². The Labute approximate surface area is 120 Å². The topological polar surface area (TPSA) is 36.4 Å². The Hall–Kier alpha value is -1.16. The molecule has 1 saturated carbocycles. The predicted octanol–water partition coefficient (Wildman–Crippen LogP) is 2.74. The fraction of sp³-hybridized carbons (Fsp3) is 0.533. The molecule has 1 unspecified atom stereocenters. The molecular weight excluding hydrogens is 254 g/mol. The van der Waals surface area contributed by atoms with Gasteiger partial charge in [0.15, 0.2) is 5.96 Å². The maximum atomic E-state index is 4.25. The molecule has 0 amide bonds. The molecule has 0 radical (unpaired) electrons. The number of rotatable bonds is 6. The van der Waals surface area contributed by atoms with Crippen molar-refractivity contribution in [3.05, 3.63) is 30.3 Å². The molecule has 0 heterocycles. The highest BCUT2D eigenvalue weighted by Crippen LogP contribution is 2.27. The molecule has 0 aliphatic heterocycles. The Morgan fingerprint density at radius 3 is 2.68 bits per heavy atom. The highest BCUT2D eigenvalue weighted by atomic mass is 32.2. The van der Waals surface area contributed by atoms with Crippen molar-refractivity contribution in [1.82, 2.24) is 10.6 Å². The molecule has 1 fully saturated rings. The summed E-state index contributed by atoms with van der Waals surface area (Å²) >= 11 is 1.89. The summed E-state index contributed by atoms with van der Waals surface area (Å²) in [5, 5.41) is 7.29. The monoisotopic (exact) mass is 277 g/mol. The minimum absolute atomic E-state index is 0.516. The van der Waals surface area contributed by atoms with Crippen LogP contribution < -0.4 is 10.6 Å². The van der Waals surface area contributed by atoms with Gasteiger partial charge in [-0.1, -0.05) is 25.1 Å². The number of nitrogens with zero attached hydrogens (tertiary/aromatic N) is 1. The van der Waals surface area contributed by atoms with Crippen LogP contribution in [0.15, 0.2) is 40.2 Å². The van der Waals surface area contributed by atoms with Crippen LogP contribution in [-0.4, -0.2) is 31.3 Å². The minimum Gasteiger partial charge on any atom is -0.356 e. The number of nitrogens with one attached hydrogen (secondary N) is 2. The lowest BCUT2D eigenvalue weighted by atomic mass is 10.4. The van der Waals surface area contributed by atoms with Gasteiger partial charge in [0.1, 0.15) is 0 Å². The maximum Gasteiger partial charge on any atom is 0.191 e. The molecule has 1 atom stereocenters. The van der Waals surface area contributed by atoms with Gasteiger partial charge in [0.2, 0.25) is 0 Å². The van der Waals surface area contributed by atoms with Crippen molar-refractivity contribution in [2.45, 2.75) is 29.9 Å². The Bertz CT molecular complexity index is 401. The molecule has 0 saturated heterocycles. The van der Waals surface area contributed by atoms with Crippen LogP contribution in [0.2, 0.25) is 0 Å². The molecule has 1 aromatic carbocycles. The van der Waals surface area contributed by atoms with Gasteiger partial charge in [-0.3, -0.25) is 4.99 Å². The van der Waals surface area contributed by atoms with Crippen LogP contribution in [0.25, 0.3) is 0 Å². The standard InChI is InChI=1S/C15H23N3S/c1-12(19-14-6-4-3-5-7-14)10-17-15(16-2)18-11-13-8-9-13/h3-7,12-13H,8-11H2,1-2H3,(H2,16,17,18). The molecule has 4 heteroatoms. The average Bonchev–Trinajstić information content (AvgIpc) is 3.24. The maximum absolute atomic E-state index is 4.25. The molecule has 1 aliphatic rings. The van der Waals surface area contributed by atoms with Crippen molar-refractivity contribution < 1.29 is 0 Å². The number of hydrogen-bond acceptors (Lipinski definition) is 2. The molecular formula is C15H23N3S. The van der Waals surface area contributed by atoms with Gasteiger partial charge in [0.25, 0.3) is 0 Å². The summed E-state index contributed by atoms with van der Waals surface area (Å²) in [6, 6.07) is 10.5. The number of guanidine groups is 1. The van der Waals surface area contributed by atoms with E-state index in [-0.39, 0.29) is 0 Å². The third-order valence-electron chi connectivity index (χ3n) is 3.12. The van der Waals surface area contributed by atoms with Crippen LogP contribution >= 0.6 is 11.8 Å². The Kier molecular flexibility index (Phi) is 5.58. The van der Waals surface area contributed by atoms with Crippen LogP contribution in [0.5, 0.6) is 0 Å². The molecule has 3 nitrogen and oxygen atoms in total. The number of benzene rings is 1. The number of hydrogen-bond donors (Lipinski definition) is 2. The third-order valence-corrected chi connectivity index (χ3v) is 4.23. The molecule has 0 bridgehead atoms. The molecule has 0 spiro atoms. The number of thioether (sulfide) groups is 1. The van der Waals surface area contributed by atoms with Gasteiger partial charge in [0, 0.05) is 30.3 Å². The molecule has 1 aliphatic carbocycles. The molecule has 2 rings (SSSR count). The summed E-state index contributed by atoms with van der Waals surface area (Å²) in [5.41, 5.74) is 0. The van der Waals surface area contributed by atoms with Crippen molar-refractivity contribution in [3.63, 3.8) is 0 Å². The van der Waals surface area contributed by atoms with Gasteiger partial charge in [-0.2, -0.15) is 0 Å². The molecule has 2 N–H and O–H groups in total. The van der Waals surface area contributed by atoms with Crippen molar-refractivity contribution in [3.8, 4) is 0 Å². The van der Waals surface area contributed by atoms with Crippen LogP contribution in [0.1, 0.15) is 19.8 Å². The highest BCUT2D eigenvalue weighted by molar-refractivity contribution is 8.00. The smallest absolute Gasteiger partial charge is 0.191 e. The van der Waals surface area contributed by atoms with Crippen molar-refractivity contribution in [2.24, 2.45) is 10.9 Å². The third kappa shape index (κ3) is 5.55. The van der Waals surface area contributed by atoms with E-state index in [0.29, 0.717) is 5.25 Å². The summed E-state index contributed by atoms with van der Waals surface area (Å²) in [5.74, 6) is 1.79. The zero-order valence-corrected chi connectivity index (χ0v) is 12.5. The summed E-state index contributed by atoms with van der Waals surface area (Å²) in [7, 11) is 1.83. The van der Waals surface area contributed by atoms with Gasteiger partial charge in [0.05, 0.1) is 0 Å². The van der Waals surface area contributed by atoms with Gasteiger partial charge >= 0.3 is 0 Å². The first-order chi connectivity index (χ1) is 9.28. The second-order valence-corrected chi connectivity index (χ2v) is 6.53. The van der Waals surface area contributed by atoms with E-state index in [1.54, 1.807) is 0 Å². The van der Waals surface area contributed by atoms with Crippen LogP contribution in [-0.2, 0) is 0 Å². The first kappa shape index (κ1) is 14.3. The summed E-state index contributed by atoms with van der Waals surface area (Å²) in [6.45, 7) is 4.21. The molecule has 104 valence electrons. The summed E-state index contributed by atoms with van der Waals surface area (Å²) in [6.07, 6.45) is 2.73. The van der Waals surface area contributed by atoms with E-state index in [9.17, 15) is 0 Å². The van der Waals surface area contributed by atoms with Crippen LogP contribution in [0.4, 0.5) is 0 Å². The van der Waals surface area contributed by atoms with Gasteiger partial charge in [-0.05, 0) is 30.9 Å². The Morgan fingerprint density at radius 2 is 2.05 bits per heavy atom. The Morgan fingerprint density at radius 1 is 1.32 bits per heavy atom. The first-order valence-corrected chi connectivity index (χ1v) is 7.82. The molecule has 0 aromatic heterocycles. The highest BCUT2D eigenvalue weighted by Gasteiger charge is 2.21. The Balaban J connectivity index is 1.67. The largest absolute Gasteiger partial charge is 0.356 e. The van der Waals surface area contributed by atoms with Gasteiger partial charge < -0.3 is 10.6 Å². The van der Waals surface area contributed by atoms with Crippen molar-refractivity contribution >= 4 is 17.7 Å². The first-order valence-electron chi connectivity index (χ1n) is 6.94.